The molecule has 90 valence electrons. The minimum Gasteiger partial charge on any atom is -0.398 e. The lowest BCUT2D eigenvalue weighted by Gasteiger charge is -2.39. The lowest BCUT2D eigenvalue weighted by Crippen LogP contribution is -2.49. The topological polar surface area (TPSA) is 41.3 Å². The number of dihydropyridines is 1. The molecule has 1 heterocycles. The first-order chi connectivity index (χ1) is 7.81. The summed E-state index contributed by atoms with van der Waals surface area (Å²) in [5.74, 6) is 0. The smallest absolute Gasteiger partial charge is 0.0988 e. The summed E-state index contributed by atoms with van der Waals surface area (Å²) in [5, 5.41) is 3.37. The monoisotopic (exact) mass is 221 g/mol. The Labute approximate surface area is 98.4 Å². The molecule has 1 aliphatic carbocycles. The van der Waals surface area contributed by atoms with Crippen molar-refractivity contribution in [2.75, 3.05) is 6.54 Å². The normalized spacial score (nSPS) is 26.6. The fourth-order valence-corrected chi connectivity index (χ4v) is 2.79. The highest BCUT2D eigenvalue weighted by Crippen LogP contribution is 2.24. The molecule has 3 N–H and O–H groups in total. The van der Waals surface area contributed by atoms with E-state index in [0.29, 0.717) is 6.17 Å². The zero-order valence-corrected chi connectivity index (χ0v) is 10.2. The summed E-state index contributed by atoms with van der Waals surface area (Å²) in [7, 11) is 0. The highest BCUT2D eigenvalue weighted by molar-refractivity contribution is 5.20. The number of nitrogens with zero attached hydrogens (tertiary/aromatic N) is 1. The lowest BCUT2D eigenvalue weighted by atomic mass is 9.93. The molecule has 0 amide bonds. The van der Waals surface area contributed by atoms with Crippen molar-refractivity contribution in [1.29, 1.82) is 0 Å². The molecule has 2 rings (SSSR count). The standard InChI is InChI=1S/C13H23N3/c1-2-16(12-6-4-3-5-7-12)13-9-8-11(14)10-15-13/h8-10,12-13,15H,2-7,14H2,1H3. The van der Waals surface area contributed by atoms with Gasteiger partial charge in [0.15, 0.2) is 0 Å². The van der Waals surface area contributed by atoms with Crippen molar-refractivity contribution in [2.24, 2.45) is 5.73 Å². The minimum atomic E-state index is 0.334. The van der Waals surface area contributed by atoms with E-state index in [9.17, 15) is 0 Å². The van der Waals surface area contributed by atoms with Crippen LogP contribution in [0.15, 0.2) is 24.0 Å². The number of nitrogens with two attached hydrogens (primary N) is 1. The van der Waals surface area contributed by atoms with Gasteiger partial charge in [-0.25, -0.2) is 0 Å². The van der Waals surface area contributed by atoms with E-state index in [-0.39, 0.29) is 0 Å². The molecule has 0 aromatic carbocycles. The van der Waals surface area contributed by atoms with Gasteiger partial charge in [0, 0.05) is 17.9 Å². The molecule has 1 saturated carbocycles. The molecule has 2 aliphatic rings. The zero-order chi connectivity index (χ0) is 11.4. The third kappa shape index (κ3) is 2.59. The summed E-state index contributed by atoms with van der Waals surface area (Å²) in [6, 6.07) is 0.744. The van der Waals surface area contributed by atoms with Crippen LogP contribution in [0.1, 0.15) is 39.0 Å². The largest absolute Gasteiger partial charge is 0.398 e. The Morgan fingerprint density at radius 2 is 2.12 bits per heavy atom. The fourth-order valence-electron chi connectivity index (χ4n) is 2.79. The van der Waals surface area contributed by atoms with Crippen LogP contribution >= 0.6 is 0 Å². The molecule has 0 aromatic rings. The Hall–Kier alpha value is -0.960. The van der Waals surface area contributed by atoms with Gasteiger partial charge in [-0.15, -0.1) is 0 Å². The van der Waals surface area contributed by atoms with Gasteiger partial charge >= 0.3 is 0 Å². The predicted octanol–water partition coefficient (Wildman–Crippen LogP) is 1.93. The minimum absolute atomic E-state index is 0.334. The average molecular weight is 221 g/mol. The Morgan fingerprint density at radius 1 is 1.38 bits per heavy atom. The van der Waals surface area contributed by atoms with Gasteiger partial charge in [0.1, 0.15) is 0 Å². The fraction of sp³-hybridized carbons (Fsp3) is 0.692. The first-order valence-electron chi connectivity index (χ1n) is 6.47. The second-order valence-electron chi connectivity index (χ2n) is 4.74. The molecular weight excluding hydrogens is 198 g/mol. The van der Waals surface area contributed by atoms with Crippen LogP contribution in [0, 0.1) is 0 Å². The molecule has 3 nitrogen and oxygen atoms in total. The van der Waals surface area contributed by atoms with E-state index in [0.717, 1.165) is 18.3 Å². The van der Waals surface area contributed by atoms with Crippen molar-refractivity contribution in [3.8, 4) is 0 Å². The molecule has 1 atom stereocenters. The molecular formula is C13H23N3. The zero-order valence-electron chi connectivity index (χ0n) is 10.2. The second kappa shape index (κ2) is 5.39. The van der Waals surface area contributed by atoms with Crippen LogP contribution in [0.2, 0.25) is 0 Å². The molecule has 16 heavy (non-hydrogen) atoms. The molecule has 0 bridgehead atoms. The van der Waals surface area contributed by atoms with Crippen LogP contribution in [0.25, 0.3) is 0 Å². The van der Waals surface area contributed by atoms with Crippen LogP contribution in [0.3, 0.4) is 0 Å². The van der Waals surface area contributed by atoms with E-state index >= 15 is 0 Å². The highest BCUT2D eigenvalue weighted by atomic mass is 15.3. The van der Waals surface area contributed by atoms with Gasteiger partial charge in [0.05, 0.1) is 6.17 Å². The first-order valence-corrected chi connectivity index (χ1v) is 6.47. The van der Waals surface area contributed by atoms with E-state index in [1.807, 2.05) is 12.3 Å². The maximum absolute atomic E-state index is 5.71. The van der Waals surface area contributed by atoms with Crippen molar-refractivity contribution in [2.45, 2.75) is 51.2 Å². The number of likely N-dealkylation sites (N-methyl/N-ethyl adjacent to an activating group) is 1. The second-order valence-corrected chi connectivity index (χ2v) is 4.74. The first kappa shape index (κ1) is 11.5. The van der Waals surface area contributed by atoms with Gasteiger partial charge in [0.2, 0.25) is 0 Å². The summed E-state index contributed by atoms with van der Waals surface area (Å²) in [5.41, 5.74) is 6.53. The molecule has 0 radical (unpaired) electrons. The summed E-state index contributed by atoms with van der Waals surface area (Å²) < 4.78 is 0. The molecule has 1 unspecified atom stereocenters. The molecule has 1 aliphatic heterocycles. The summed E-state index contributed by atoms with van der Waals surface area (Å²) >= 11 is 0. The molecule has 0 aromatic heterocycles. The summed E-state index contributed by atoms with van der Waals surface area (Å²) in [6.07, 6.45) is 13.3. The van der Waals surface area contributed by atoms with E-state index < -0.39 is 0 Å². The maximum atomic E-state index is 5.71. The number of rotatable bonds is 3. The highest BCUT2D eigenvalue weighted by Gasteiger charge is 2.25. The lowest BCUT2D eigenvalue weighted by molar-refractivity contribution is 0.121. The van der Waals surface area contributed by atoms with Gasteiger partial charge in [0.25, 0.3) is 0 Å². The van der Waals surface area contributed by atoms with Crippen molar-refractivity contribution in [3.63, 3.8) is 0 Å². The third-order valence-corrected chi connectivity index (χ3v) is 3.66. The van der Waals surface area contributed by atoms with Gasteiger partial charge in [-0.1, -0.05) is 26.2 Å². The van der Waals surface area contributed by atoms with Crippen molar-refractivity contribution < 1.29 is 0 Å². The van der Waals surface area contributed by atoms with E-state index in [2.05, 4.69) is 23.2 Å². The molecule has 1 fully saturated rings. The van der Waals surface area contributed by atoms with Gasteiger partial charge in [-0.05, 0) is 31.5 Å². The van der Waals surface area contributed by atoms with E-state index in [1.165, 1.54) is 32.1 Å². The van der Waals surface area contributed by atoms with Crippen LogP contribution in [0.5, 0.6) is 0 Å². The Balaban J connectivity index is 1.96. The molecule has 0 saturated heterocycles. The average Bonchev–Trinajstić information content (AvgIpc) is 2.34. The van der Waals surface area contributed by atoms with Crippen LogP contribution < -0.4 is 11.1 Å². The Morgan fingerprint density at radius 3 is 2.69 bits per heavy atom. The SMILES string of the molecule is CCN(C1CCCCC1)C1C=CC(N)=CN1. The molecule has 3 heteroatoms. The number of nitrogens with one attached hydrogen (secondary N) is 1. The van der Waals surface area contributed by atoms with Crippen LogP contribution in [-0.4, -0.2) is 23.7 Å². The number of hydrogen-bond donors (Lipinski definition) is 2. The number of allylic oxidation sites excluding steroid dienone is 1. The number of hydrogen-bond acceptors (Lipinski definition) is 3. The Bertz CT molecular complexity index is 277. The van der Waals surface area contributed by atoms with Crippen molar-refractivity contribution >= 4 is 0 Å². The quantitative estimate of drug-likeness (QED) is 0.765. The van der Waals surface area contributed by atoms with Gasteiger partial charge in [-0.2, -0.15) is 0 Å². The summed E-state index contributed by atoms with van der Waals surface area (Å²) in [6.45, 7) is 3.34. The van der Waals surface area contributed by atoms with E-state index in [1.54, 1.807) is 0 Å². The van der Waals surface area contributed by atoms with Crippen molar-refractivity contribution in [3.05, 3.63) is 24.0 Å². The van der Waals surface area contributed by atoms with Gasteiger partial charge in [-0.3, -0.25) is 4.90 Å². The van der Waals surface area contributed by atoms with E-state index in [4.69, 9.17) is 5.73 Å². The molecule has 0 spiro atoms. The Kier molecular flexibility index (Phi) is 3.88. The van der Waals surface area contributed by atoms with Gasteiger partial charge < -0.3 is 11.1 Å². The third-order valence-electron chi connectivity index (χ3n) is 3.66. The van der Waals surface area contributed by atoms with Crippen LogP contribution in [-0.2, 0) is 0 Å². The summed E-state index contributed by atoms with van der Waals surface area (Å²) in [4.78, 5) is 2.55. The van der Waals surface area contributed by atoms with Crippen molar-refractivity contribution in [1.82, 2.24) is 10.2 Å². The predicted molar refractivity (Wildman–Crippen MR) is 67.6 cm³/mol. The maximum Gasteiger partial charge on any atom is 0.0988 e. The van der Waals surface area contributed by atoms with Crippen LogP contribution in [0.4, 0.5) is 0 Å².